The van der Waals surface area contributed by atoms with Gasteiger partial charge in [-0.2, -0.15) is 0 Å². The number of ether oxygens (including phenoxy) is 1. The molecule has 2 N–H and O–H groups in total. The van der Waals surface area contributed by atoms with E-state index in [1.54, 1.807) is 18.4 Å². The van der Waals surface area contributed by atoms with Crippen LogP contribution in [-0.2, 0) is 17.6 Å². The fraction of sp³-hybridized carbons (Fsp3) is 0.778. The molecule has 1 saturated carbocycles. The number of nitrogens with zero attached hydrogens (tertiary/aromatic N) is 2. The van der Waals surface area contributed by atoms with Crippen LogP contribution in [0.15, 0.2) is 10.4 Å². The molecule has 0 radical (unpaired) electrons. The number of aliphatic imine (C=N–C) groups is 1. The van der Waals surface area contributed by atoms with Crippen molar-refractivity contribution in [3.63, 3.8) is 0 Å². The van der Waals surface area contributed by atoms with Crippen LogP contribution in [0.4, 0.5) is 0 Å². The van der Waals surface area contributed by atoms with E-state index in [1.807, 2.05) is 0 Å². The maximum atomic E-state index is 5.99. The maximum Gasteiger partial charge on any atom is 0.191 e. The lowest BCUT2D eigenvalue weighted by atomic mass is 10.1. The summed E-state index contributed by atoms with van der Waals surface area (Å²) in [4.78, 5) is 8.85. The smallest absolute Gasteiger partial charge is 0.191 e. The normalized spacial score (nSPS) is 16.8. The van der Waals surface area contributed by atoms with Crippen LogP contribution in [0.25, 0.3) is 0 Å². The summed E-state index contributed by atoms with van der Waals surface area (Å²) in [5.41, 5.74) is 1.16. The summed E-state index contributed by atoms with van der Waals surface area (Å²) in [6.07, 6.45) is 10.2. The van der Waals surface area contributed by atoms with Gasteiger partial charge < -0.3 is 15.4 Å². The first-order valence-corrected chi connectivity index (χ1v) is 10.2. The van der Waals surface area contributed by atoms with Crippen LogP contribution in [0.3, 0.4) is 0 Å². The largest absolute Gasteiger partial charge is 0.376 e. The molecule has 1 fully saturated rings. The lowest BCUT2D eigenvalue weighted by Gasteiger charge is -2.16. The van der Waals surface area contributed by atoms with E-state index in [1.165, 1.54) is 43.5 Å². The number of aromatic nitrogens is 1. The highest BCUT2D eigenvalue weighted by molar-refractivity contribution is 7.09. The van der Waals surface area contributed by atoms with E-state index in [2.05, 4.69) is 32.9 Å². The summed E-state index contributed by atoms with van der Waals surface area (Å²) >= 11 is 1.74. The Morgan fingerprint density at radius 2 is 2.00 bits per heavy atom. The van der Waals surface area contributed by atoms with Crippen LogP contribution >= 0.6 is 11.3 Å². The lowest BCUT2D eigenvalue weighted by Crippen LogP contribution is -2.40. The molecule has 0 aliphatic heterocycles. The summed E-state index contributed by atoms with van der Waals surface area (Å²) < 4.78 is 5.99. The highest BCUT2D eigenvalue weighted by Crippen LogP contribution is 2.19. The molecule has 1 aliphatic carbocycles. The molecule has 2 rings (SSSR count). The molecule has 0 saturated heterocycles. The van der Waals surface area contributed by atoms with Crippen LogP contribution in [-0.4, -0.2) is 43.8 Å². The zero-order valence-electron chi connectivity index (χ0n) is 15.1. The number of rotatable bonds is 8. The second-order valence-electron chi connectivity index (χ2n) is 6.25. The number of hydrogen-bond acceptors (Lipinski definition) is 4. The highest BCUT2D eigenvalue weighted by Gasteiger charge is 2.12. The standard InChI is InChI=1S/C18H32N4OS/c1-3-17-22-15(14-24-17)10-11-20-18(19-2)21-12-13-23-16-8-6-4-5-7-9-16/h14,16H,3-13H2,1-2H3,(H2,19,20,21). The average molecular weight is 353 g/mol. The predicted octanol–water partition coefficient (Wildman–Crippen LogP) is 3.15. The van der Waals surface area contributed by atoms with Gasteiger partial charge in [-0.3, -0.25) is 4.99 Å². The van der Waals surface area contributed by atoms with Crippen LogP contribution in [0.1, 0.15) is 56.2 Å². The Morgan fingerprint density at radius 3 is 2.67 bits per heavy atom. The van der Waals surface area contributed by atoms with Crippen LogP contribution in [0, 0.1) is 0 Å². The Kier molecular flexibility index (Phi) is 9.13. The first-order valence-electron chi connectivity index (χ1n) is 9.31. The third kappa shape index (κ3) is 7.18. The van der Waals surface area contributed by atoms with E-state index in [-0.39, 0.29) is 0 Å². The molecule has 5 nitrogen and oxygen atoms in total. The maximum absolute atomic E-state index is 5.99. The monoisotopic (exact) mass is 352 g/mol. The SMILES string of the molecule is CCc1nc(CCNC(=NC)NCCOC2CCCCCC2)cs1. The first-order chi connectivity index (χ1) is 11.8. The van der Waals surface area contributed by atoms with Gasteiger partial charge in [0, 0.05) is 31.9 Å². The molecule has 0 aromatic carbocycles. The number of guanidine groups is 1. The van der Waals surface area contributed by atoms with Gasteiger partial charge in [-0.15, -0.1) is 11.3 Å². The fourth-order valence-corrected chi connectivity index (χ4v) is 3.74. The van der Waals surface area contributed by atoms with Gasteiger partial charge >= 0.3 is 0 Å². The first kappa shape index (κ1) is 19.2. The Morgan fingerprint density at radius 1 is 1.25 bits per heavy atom. The van der Waals surface area contributed by atoms with Gasteiger partial charge in [0.05, 0.1) is 23.4 Å². The molecule has 0 unspecified atom stereocenters. The van der Waals surface area contributed by atoms with Crippen molar-refractivity contribution in [2.24, 2.45) is 4.99 Å². The zero-order valence-corrected chi connectivity index (χ0v) is 16.0. The molecule has 0 spiro atoms. The van der Waals surface area contributed by atoms with Crippen molar-refractivity contribution in [1.82, 2.24) is 15.6 Å². The van der Waals surface area contributed by atoms with Crippen LogP contribution < -0.4 is 10.6 Å². The molecular formula is C18H32N4OS. The van der Waals surface area contributed by atoms with Crippen molar-refractivity contribution < 1.29 is 4.74 Å². The Hall–Kier alpha value is -1.14. The van der Waals surface area contributed by atoms with Gasteiger partial charge in [-0.05, 0) is 19.3 Å². The van der Waals surface area contributed by atoms with Gasteiger partial charge in [-0.1, -0.05) is 32.6 Å². The van der Waals surface area contributed by atoms with Gasteiger partial charge in [0.1, 0.15) is 0 Å². The van der Waals surface area contributed by atoms with E-state index < -0.39 is 0 Å². The Balaban J connectivity index is 1.56. The highest BCUT2D eigenvalue weighted by atomic mass is 32.1. The average Bonchev–Trinajstić information content (AvgIpc) is 2.91. The lowest BCUT2D eigenvalue weighted by molar-refractivity contribution is 0.0468. The van der Waals surface area contributed by atoms with E-state index in [9.17, 15) is 0 Å². The van der Waals surface area contributed by atoms with Crippen molar-refractivity contribution in [2.45, 2.75) is 64.4 Å². The third-order valence-electron chi connectivity index (χ3n) is 4.35. The summed E-state index contributed by atoms with van der Waals surface area (Å²) in [6, 6.07) is 0. The molecule has 1 aliphatic rings. The number of hydrogen-bond donors (Lipinski definition) is 2. The molecule has 6 heteroatoms. The van der Waals surface area contributed by atoms with E-state index in [0.717, 1.165) is 44.2 Å². The Labute approximate surface area is 150 Å². The molecule has 136 valence electrons. The number of aryl methyl sites for hydroxylation is 1. The van der Waals surface area contributed by atoms with Crippen molar-refractivity contribution >= 4 is 17.3 Å². The van der Waals surface area contributed by atoms with E-state index >= 15 is 0 Å². The van der Waals surface area contributed by atoms with Crippen molar-refractivity contribution in [3.05, 3.63) is 16.1 Å². The number of thiazole rings is 1. The summed E-state index contributed by atoms with van der Waals surface area (Å²) in [7, 11) is 1.81. The molecular weight excluding hydrogens is 320 g/mol. The second kappa shape index (κ2) is 11.4. The molecule has 1 heterocycles. The van der Waals surface area contributed by atoms with Crippen molar-refractivity contribution in [3.8, 4) is 0 Å². The van der Waals surface area contributed by atoms with Gasteiger partial charge in [0.25, 0.3) is 0 Å². The third-order valence-corrected chi connectivity index (χ3v) is 5.39. The molecule has 0 atom stereocenters. The van der Waals surface area contributed by atoms with Crippen LogP contribution in [0.2, 0.25) is 0 Å². The van der Waals surface area contributed by atoms with Gasteiger partial charge in [-0.25, -0.2) is 4.98 Å². The Bertz CT molecular complexity index is 481. The van der Waals surface area contributed by atoms with E-state index in [4.69, 9.17) is 4.74 Å². The second-order valence-corrected chi connectivity index (χ2v) is 7.19. The quantitative estimate of drug-likeness (QED) is 0.327. The minimum atomic E-state index is 0.460. The summed E-state index contributed by atoms with van der Waals surface area (Å²) in [5, 5.41) is 10.0. The summed E-state index contributed by atoms with van der Waals surface area (Å²) in [6.45, 7) is 4.53. The van der Waals surface area contributed by atoms with Gasteiger partial charge in [0.2, 0.25) is 0 Å². The predicted molar refractivity (Wildman–Crippen MR) is 102 cm³/mol. The molecule has 24 heavy (non-hydrogen) atoms. The van der Waals surface area contributed by atoms with E-state index in [0.29, 0.717) is 6.10 Å². The minimum absolute atomic E-state index is 0.460. The molecule has 0 amide bonds. The van der Waals surface area contributed by atoms with Crippen molar-refractivity contribution in [1.29, 1.82) is 0 Å². The van der Waals surface area contributed by atoms with Crippen molar-refractivity contribution in [2.75, 3.05) is 26.7 Å². The number of nitrogens with one attached hydrogen (secondary N) is 2. The summed E-state index contributed by atoms with van der Waals surface area (Å²) in [5.74, 6) is 0.838. The molecule has 0 bridgehead atoms. The fourth-order valence-electron chi connectivity index (χ4n) is 2.96. The minimum Gasteiger partial charge on any atom is -0.376 e. The molecule has 1 aromatic rings. The van der Waals surface area contributed by atoms with Gasteiger partial charge in [0.15, 0.2) is 5.96 Å². The van der Waals surface area contributed by atoms with Crippen LogP contribution in [0.5, 0.6) is 0 Å². The molecule has 1 aromatic heterocycles. The topological polar surface area (TPSA) is 58.5 Å². The zero-order chi connectivity index (χ0) is 17.0.